The molecule has 3 rings (SSSR count). The third-order valence-electron chi connectivity index (χ3n) is 2.82. The highest BCUT2D eigenvalue weighted by atomic mass is 16.5. The monoisotopic (exact) mass is 280 g/mol. The third kappa shape index (κ3) is 2.94. The number of benzene rings is 1. The Morgan fingerprint density at radius 1 is 1.24 bits per heavy atom. The van der Waals surface area contributed by atoms with Crippen molar-refractivity contribution >= 4 is 11.6 Å². The summed E-state index contributed by atoms with van der Waals surface area (Å²) >= 11 is 0. The van der Waals surface area contributed by atoms with Crippen molar-refractivity contribution in [1.82, 2.24) is 15.1 Å². The molecule has 104 valence electrons. The Morgan fingerprint density at radius 2 is 2.14 bits per heavy atom. The fourth-order valence-corrected chi connectivity index (χ4v) is 1.84. The standard InChI is InChI=1S/C15H12N4O2/c1-10-17-15(21-19-10)11-4-2-6-13(8-11)18-14(20)12-5-3-7-16-9-12/h2-9H,1H3,(H,18,20). The van der Waals surface area contributed by atoms with E-state index in [0.717, 1.165) is 5.56 Å². The minimum atomic E-state index is -0.220. The molecule has 0 aliphatic heterocycles. The number of carbonyl (C=O) groups excluding carboxylic acids is 1. The first-order valence-electron chi connectivity index (χ1n) is 6.34. The second kappa shape index (κ2) is 5.54. The van der Waals surface area contributed by atoms with Crippen LogP contribution in [0.2, 0.25) is 0 Å². The Labute approximate surface area is 120 Å². The van der Waals surface area contributed by atoms with Gasteiger partial charge in [-0.2, -0.15) is 4.98 Å². The molecule has 2 heterocycles. The number of hydrogen-bond acceptors (Lipinski definition) is 5. The molecule has 0 spiro atoms. The highest BCUT2D eigenvalue weighted by Crippen LogP contribution is 2.21. The molecule has 0 radical (unpaired) electrons. The topological polar surface area (TPSA) is 80.9 Å². The van der Waals surface area contributed by atoms with Gasteiger partial charge in [0.2, 0.25) is 0 Å². The molecular weight excluding hydrogens is 268 g/mol. The number of aryl methyl sites for hydroxylation is 1. The van der Waals surface area contributed by atoms with Crippen LogP contribution < -0.4 is 5.32 Å². The lowest BCUT2D eigenvalue weighted by atomic mass is 10.2. The van der Waals surface area contributed by atoms with Crippen molar-refractivity contribution in [2.75, 3.05) is 5.32 Å². The van der Waals surface area contributed by atoms with Gasteiger partial charge in [0.05, 0.1) is 5.56 Å². The Hall–Kier alpha value is -3.02. The highest BCUT2D eigenvalue weighted by molar-refractivity contribution is 6.04. The van der Waals surface area contributed by atoms with Gasteiger partial charge < -0.3 is 9.84 Å². The first-order valence-corrected chi connectivity index (χ1v) is 6.34. The molecule has 6 nitrogen and oxygen atoms in total. The first kappa shape index (κ1) is 13.0. The van der Waals surface area contributed by atoms with E-state index in [1.165, 1.54) is 6.20 Å². The van der Waals surface area contributed by atoms with Gasteiger partial charge in [-0.05, 0) is 37.3 Å². The van der Waals surface area contributed by atoms with Crippen molar-refractivity contribution in [3.8, 4) is 11.5 Å². The normalized spacial score (nSPS) is 10.3. The molecule has 0 bridgehead atoms. The fourth-order valence-electron chi connectivity index (χ4n) is 1.84. The Bertz CT molecular complexity index is 768. The minimum absolute atomic E-state index is 0.220. The number of nitrogens with one attached hydrogen (secondary N) is 1. The van der Waals surface area contributed by atoms with Crippen LogP contribution in [0.4, 0.5) is 5.69 Å². The number of amides is 1. The largest absolute Gasteiger partial charge is 0.334 e. The van der Waals surface area contributed by atoms with Crippen LogP contribution in [0.5, 0.6) is 0 Å². The van der Waals surface area contributed by atoms with E-state index in [-0.39, 0.29) is 5.91 Å². The maximum Gasteiger partial charge on any atom is 0.257 e. The summed E-state index contributed by atoms with van der Waals surface area (Å²) in [6.45, 7) is 1.75. The van der Waals surface area contributed by atoms with Crippen molar-refractivity contribution in [3.63, 3.8) is 0 Å². The van der Waals surface area contributed by atoms with E-state index < -0.39 is 0 Å². The van der Waals surface area contributed by atoms with Crippen molar-refractivity contribution in [2.24, 2.45) is 0 Å². The molecule has 0 aliphatic carbocycles. The van der Waals surface area contributed by atoms with Crippen LogP contribution in [0.15, 0.2) is 53.3 Å². The van der Waals surface area contributed by atoms with Crippen LogP contribution in [-0.4, -0.2) is 21.0 Å². The highest BCUT2D eigenvalue weighted by Gasteiger charge is 2.09. The summed E-state index contributed by atoms with van der Waals surface area (Å²) in [5.74, 6) is 0.765. The lowest BCUT2D eigenvalue weighted by molar-refractivity contribution is 0.102. The van der Waals surface area contributed by atoms with Gasteiger partial charge in [-0.15, -0.1) is 0 Å². The van der Waals surface area contributed by atoms with Crippen molar-refractivity contribution in [1.29, 1.82) is 0 Å². The predicted molar refractivity (Wildman–Crippen MR) is 76.7 cm³/mol. The van der Waals surface area contributed by atoms with Gasteiger partial charge in [0.1, 0.15) is 0 Å². The average molecular weight is 280 g/mol. The van der Waals surface area contributed by atoms with Crippen molar-refractivity contribution < 1.29 is 9.32 Å². The van der Waals surface area contributed by atoms with E-state index in [0.29, 0.717) is 23.0 Å². The second-order valence-corrected chi connectivity index (χ2v) is 4.42. The molecule has 1 aromatic carbocycles. The van der Waals surface area contributed by atoms with Gasteiger partial charge in [0.25, 0.3) is 11.8 Å². The SMILES string of the molecule is Cc1noc(-c2cccc(NC(=O)c3cccnc3)c2)n1. The Balaban J connectivity index is 1.82. The molecule has 2 aromatic heterocycles. The van der Waals surface area contributed by atoms with Gasteiger partial charge in [0, 0.05) is 23.6 Å². The summed E-state index contributed by atoms with van der Waals surface area (Å²) in [7, 11) is 0. The summed E-state index contributed by atoms with van der Waals surface area (Å²) in [6.07, 6.45) is 3.13. The molecule has 0 fully saturated rings. The maximum absolute atomic E-state index is 12.1. The zero-order valence-corrected chi connectivity index (χ0v) is 11.3. The molecule has 0 saturated heterocycles. The molecule has 0 saturated carbocycles. The molecule has 0 aliphatic rings. The molecule has 1 amide bonds. The van der Waals surface area contributed by atoms with E-state index in [1.807, 2.05) is 12.1 Å². The lowest BCUT2D eigenvalue weighted by Gasteiger charge is -2.05. The van der Waals surface area contributed by atoms with E-state index in [2.05, 4.69) is 20.4 Å². The van der Waals surface area contributed by atoms with Crippen molar-refractivity contribution in [2.45, 2.75) is 6.92 Å². The maximum atomic E-state index is 12.1. The van der Waals surface area contributed by atoms with Gasteiger partial charge in [-0.1, -0.05) is 11.2 Å². The van der Waals surface area contributed by atoms with Crippen LogP contribution in [0.25, 0.3) is 11.5 Å². The third-order valence-corrected chi connectivity index (χ3v) is 2.82. The van der Waals surface area contributed by atoms with Crippen LogP contribution in [0.1, 0.15) is 16.2 Å². The molecule has 3 aromatic rings. The van der Waals surface area contributed by atoms with E-state index in [1.54, 1.807) is 37.4 Å². The molecule has 21 heavy (non-hydrogen) atoms. The van der Waals surface area contributed by atoms with Crippen LogP contribution in [0, 0.1) is 6.92 Å². The van der Waals surface area contributed by atoms with Gasteiger partial charge in [0.15, 0.2) is 5.82 Å². The fraction of sp³-hybridized carbons (Fsp3) is 0.0667. The quantitative estimate of drug-likeness (QED) is 0.797. The molecule has 0 unspecified atom stereocenters. The average Bonchev–Trinajstić information content (AvgIpc) is 2.95. The summed E-state index contributed by atoms with van der Waals surface area (Å²) in [5.41, 5.74) is 1.90. The van der Waals surface area contributed by atoms with Gasteiger partial charge in [-0.3, -0.25) is 9.78 Å². The van der Waals surface area contributed by atoms with Crippen LogP contribution in [0.3, 0.4) is 0 Å². The Kier molecular flexibility index (Phi) is 3.42. The molecular formula is C15H12N4O2. The van der Waals surface area contributed by atoms with Crippen molar-refractivity contribution in [3.05, 3.63) is 60.2 Å². The Morgan fingerprint density at radius 3 is 2.86 bits per heavy atom. The van der Waals surface area contributed by atoms with Crippen LogP contribution in [-0.2, 0) is 0 Å². The van der Waals surface area contributed by atoms with Gasteiger partial charge in [-0.25, -0.2) is 0 Å². The smallest absolute Gasteiger partial charge is 0.257 e. The summed E-state index contributed by atoms with van der Waals surface area (Å²) in [4.78, 5) is 20.1. The van der Waals surface area contributed by atoms with Gasteiger partial charge >= 0.3 is 0 Å². The molecule has 0 atom stereocenters. The van der Waals surface area contributed by atoms with E-state index >= 15 is 0 Å². The molecule has 6 heteroatoms. The van der Waals surface area contributed by atoms with Crippen LogP contribution >= 0.6 is 0 Å². The van der Waals surface area contributed by atoms with E-state index in [4.69, 9.17) is 4.52 Å². The number of hydrogen-bond donors (Lipinski definition) is 1. The number of rotatable bonds is 3. The second-order valence-electron chi connectivity index (χ2n) is 4.42. The number of nitrogens with zero attached hydrogens (tertiary/aromatic N) is 3. The minimum Gasteiger partial charge on any atom is -0.334 e. The summed E-state index contributed by atoms with van der Waals surface area (Å²) in [5, 5.41) is 6.56. The number of aromatic nitrogens is 3. The predicted octanol–water partition coefficient (Wildman–Crippen LogP) is 2.69. The van der Waals surface area contributed by atoms with E-state index in [9.17, 15) is 4.79 Å². The summed E-state index contributed by atoms with van der Waals surface area (Å²) in [6, 6.07) is 10.6. The number of pyridine rings is 1. The number of carbonyl (C=O) groups is 1. The number of anilines is 1. The first-order chi connectivity index (χ1) is 10.2. The zero-order chi connectivity index (χ0) is 14.7. The zero-order valence-electron chi connectivity index (χ0n) is 11.3. The molecule has 1 N–H and O–H groups in total. The lowest BCUT2D eigenvalue weighted by Crippen LogP contribution is -2.11. The summed E-state index contributed by atoms with van der Waals surface area (Å²) < 4.78 is 5.11.